The number of carbonyl (C=O) groups is 2. The lowest BCUT2D eigenvalue weighted by atomic mass is 10.1. The van der Waals surface area contributed by atoms with Gasteiger partial charge in [-0.2, -0.15) is 0 Å². The van der Waals surface area contributed by atoms with Gasteiger partial charge in [0.1, 0.15) is 9.84 Å². The Morgan fingerprint density at radius 1 is 1.21 bits per heavy atom. The zero-order chi connectivity index (χ0) is 23.8. The molecule has 0 bridgehead atoms. The molecule has 1 N–H and O–H groups in total. The Hall–Kier alpha value is -3.07. The fourth-order valence-electron chi connectivity index (χ4n) is 4.14. The second-order valence-corrected chi connectivity index (χ2v) is 10.7. The number of nitrogens with zero attached hydrogens (tertiary/aromatic N) is 1. The maximum atomic E-state index is 13.5. The molecular formula is C24H28N2O6S. The highest BCUT2D eigenvalue weighted by Crippen LogP contribution is 2.39. The van der Waals surface area contributed by atoms with Crippen molar-refractivity contribution in [3.05, 3.63) is 53.1 Å². The Morgan fingerprint density at radius 2 is 1.97 bits per heavy atom. The molecule has 2 amide bonds. The summed E-state index contributed by atoms with van der Waals surface area (Å²) in [6.07, 6.45) is 2.87. The van der Waals surface area contributed by atoms with Gasteiger partial charge >= 0.3 is 0 Å². The standard InChI is InChI=1S/C24H28N2O6S/c1-4-32-21-12-16(10-11-20(21)31-2)19(14-33(3,29)30)26-13-17-6-5-7-18(22(17)24(26)28)25-23(27)15-8-9-15/h5-7,10-12,15,19H,4,8-9,13-14H2,1-3H3,(H,25,27). The van der Waals surface area contributed by atoms with E-state index < -0.39 is 15.9 Å². The number of ether oxygens (including phenoxy) is 2. The Balaban J connectivity index is 1.70. The molecule has 1 fully saturated rings. The van der Waals surface area contributed by atoms with E-state index in [0.29, 0.717) is 34.9 Å². The SMILES string of the molecule is CCOc1cc(C(CS(C)(=O)=O)N2Cc3cccc(NC(=O)C4CC4)c3C2=O)ccc1OC. The molecule has 0 saturated heterocycles. The predicted molar refractivity (Wildman–Crippen MR) is 124 cm³/mol. The van der Waals surface area contributed by atoms with Crippen LogP contribution in [0.5, 0.6) is 11.5 Å². The first-order valence-corrected chi connectivity index (χ1v) is 13.0. The van der Waals surface area contributed by atoms with E-state index in [9.17, 15) is 18.0 Å². The molecule has 0 radical (unpaired) electrons. The van der Waals surface area contributed by atoms with E-state index in [0.717, 1.165) is 24.7 Å². The summed E-state index contributed by atoms with van der Waals surface area (Å²) in [5.41, 5.74) is 2.28. The van der Waals surface area contributed by atoms with E-state index in [2.05, 4.69) is 5.32 Å². The van der Waals surface area contributed by atoms with E-state index in [1.165, 1.54) is 7.11 Å². The first-order chi connectivity index (χ1) is 15.7. The van der Waals surface area contributed by atoms with Gasteiger partial charge in [0, 0.05) is 18.7 Å². The van der Waals surface area contributed by atoms with Crippen molar-refractivity contribution >= 4 is 27.3 Å². The first kappa shape index (κ1) is 23.1. The summed E-state index contributed by atoms with van der Waals surface area (Å²) in [4.78, 5) is 27.4. The molecule has 0 aromatic heterocycles. The molecule has 9 heteroatoms. The number of sulfone groups is 1. The summed E-state index contributed by atoms with van der Waals surface area (Å²) in [7, 11) is -1.90. The number of rotatable bonds is 9. The van der Waals surface area contributed by atoms with Crippen molar-refractivity contribution in [2.75, 3.05) is 31.0 Å². The fraction of sp³-hybridized carbons (Fsp3) is 0.417. The number of carbonyl (C=O) groups excluding carboxylic acids is 2. The molecule has 33 heavy (non-hydrogen) atoms. The molecule has 0 spiro atoms. The Morgan fingerprint density at radius 3 is 2.61 bits per heavy atom. The number of amides is 2. The number of hydrogen-bond acceptors (Lipinski definition) is 6. The van der Waals surface area contributed by atoms with Crippen molar-refractivity contribution in [1.29, 1.82) is 0 Å². The third-order valence-corrected chi connectivity index (χ3v) is 6.80. The molecule has 176 valence electrons. The van der Waals surface area contributed by atoms with Crippen molar-refractivity contribution < 1.29 is 27.5 Å². The van der Waals surface area contributed by atoms with Gasteiger partial charge in [-0.3, -0.25) is 9.59 Å². The molecule has 8 nitrogen and oxygen atoms in total. The summed E-state index contributed by atoms with van der Waals surface area (Å²) in [5.74, 6) is 0.382. The molecule has 1 saturated carbocycles. The number of hydrogen-bond donors (Lipinski definition) is 1. The van der Waals surface area contributed by atoms with Crippen molar-refractivity contribution in [2.45, 2.75) is 32.4 Å². The van der Waals surface area contributed by atoms with E-state index in [1.807, 2.05) is 13.0 Å². The predicted octanol–water partition coefficient (Wildman–Crippen LogP) is 3.18. The normalized spacial score (nSPS) is 16.3. The lowest BCUT2D eigenvalue weighted by molar-refractivity contribution is -0.117. The minimum absolute atomic E-state index is 0.00253. The van der Waals surface area contributed by atoms with E-state index >= 15 is 0 Å². The van der Waals surface area contributed by atoms with Crippen LogP contribution < -0.4 is 14.8 Å². The first-order valence-electron chi connectivity index (χ1n) is 10.9. The zero-order valence-electron chi connectivity index (χ0n) is 19.0. The lowest BCUT2D eigenvalue weighted by Gasteiger charge is -2.28. The molecule has 4 rings (SSSR count). The second-order valence-electron chi connectivity index (χ2n) is 8.49. The van der Waals surface area contributed by atoms with Gasteiger partial charge in [-0.05, 0) is 49.1 Å². The number of anilines is 1. The van der Waals surface area contributed by atoms with Crippen LogP contribution in [0.3, 0.4) is 0 Å². The zero-order valence-corrected chi connectivity index (χ0v) is 19.8. The Labute approximate surface area is 193 Å². The van der Waals surface area contributed by atoms with Gasteiger partial charge in [-0.25, -0.2) is 8.42 Å². The average Bonchev–Trinajstić information content (AvgIpc) is 3.56. The van der Waals surface area contributed by atoms with Gasteiger partial charge < -0.3 is 19.7 Å². The van der Waals surface area contributed by atoms with Crippen LogP contribution in [0.15, 0.2) is 36.4 Å². The van der Waals surface area contributed by atoms with Crippen LogP contribution >= 0.6 is 0 Å². The fourth-order valence-corrected chi connectivity index (χ4v) is 5.09. The molecule has 2 aromatic carbocycles. The van der Waals surface area contributed by atoms with Crippen LogP contribution in [0, 0.1) is 5.92 Å². The highest BCUT2D eigenvalue weighted by atomic mass is 32.2. The summed E-state index contributed by atoms with van der Waals surface area (Å²) >= 11 is 0. The summed E-state index contributed by atoms with van der Waals surface area (Å²) in [5, 5.41) is 2.88. The topological polar surface area (TPSA) is 102 Å². The van der Waals surface area contributed by atoms with E-state index in [4.69, 9.17) is 9.47 Å². The van der Waals surface area contributed by atoms with E-state index in [1.54, 1.807) is 35.2 Å². The van der Waals surface area contributed by atoms with Crippen LogP contribution in [0.2, 0.25) is 0 Å². The highest BCUT2D eigenvalue weighted by molar-refractivity contribution is 7.90. The Kier molecular flexibility index (Phi) is 6.34. The van der Waals surface area contributed by atoms with Crippen molar-refractivity contribution in [3.8, 4) is 11.5 Å². The molecule has 1 unspecified atom stereocenters. The second kappa shape index (κ2) is 9.05. The van der Waals surface area contributed by atoms with Crippen LogP contribution in [-0.2, 0) is 21.2 Å². The molecule has 1 aliphatic carbocycles. The molecule has 1 heterocycles. The van der Waals surface area contributed by atoms with Gasteiger partial charge in [0.15, 0.2) is 11.5 Å². The van der Waals surface area contributed by atoms with Crippen molar-refractivity contribution in [2.24, 2.45) is 5.92 Å². The molecule has 2 aliphatic rings. The van der Waals surface area contributed by atoms with Crippen molar-refractivity contribution in [1.82, 2.24) is 4.90 Å². The summed E-state index contributed by atoms with van der Waals surface area (Å²) in [6, 6.07) is 9.81. The van der Waals surface area contributed by atoms with Crippen molar-refractivity contribution in [3.63, 3.8) is 0 Å². The quantitative estimate of drug-likeness (QED) is 0.601. The van der Waals surface area contributed by atoms with Crippen LogP contribution in [-0.4, -0.2) is 50.9 Å². The monoisotopic (exact) mass is 472 g/mol. The minimum Gasteiger partial charge on any atom is -0.493 e. The Bertz CT molecular complexity index is 1190. The average molecular weight is 473 g/mol. The van der Waals surface area contributed by atoms with Crippen LogP contribution in [0.25, 0.3) is 0 Å². The van der Waals surface area contributed by atoms with E-state index in [-0.39, 0.29) is 30.0 Å². The third-order valence-electron chi connectivity index (χ3n) is 5.88. The maximum absolute atomic E-state index is 13.5. The molecule has 2 aromatic rings. The molecule has 1 atom stereocenters. The smallest absolute Gasteiger partial charge is 0.257 e. The van der Waals surface area contributed by atoms with Gasteiger partial charge in [-0.15, -0.1) is 0 Å². The molecular weight excluding hydrogens is 444 g/mol. The summed E-state index contributed by atoms with van der Waals surface area (Å²) < 4.78 is 35.7. The number of fused-ring (bicyclic) bond motifs is 1. The van der Waals surface area contributed by atoms with Gasteiger partial charge in [-0.1, -0.05) is 18.2 Å². The third kappa shape index (κ3) is 4.98. The lowest BCUT2D eigenvalue weighted by Crippen LogP contribution is -2.34. The number of methoxy groups -OCH3 is 1. The van der Waals surface area contributed by atoms with Gasteiger partial charge in [0.2, 0.25) is 5.91 Å². The van der Waals surface area contributed by atoms with Gasteiger partial charge in [0.05, 0.1) is 36.8 Å². The number of nitrogens with one attached hydrogen (secondary N) is 1. The van der Waals surface area contributed by atoms with Gasteiger partial charge in [0.25, 0.3) is 5.91 Å². The molecule has 1 aliphatic heterocycles. The number of benzene rings is 2. The minimum atomic E-state index is -3.43. The maximum Gasteiger partial charge on any atom is 0.257 e. The summed E-state index contributed by atoms with van der Waals surface area (Å²) in [6.45, 7) is 2.50. The largest absolute Gasteiger partial charge is 0.493 e. The highest BCUT2D eigenvalue weighted by Gasteiger charge is 2.38. The van der Waals surface area contributed by atoms with Crippen LogP contribution in [0.1, 0.15) is 47.3 Å². The van der Waals surface area contributed by atoms with Crippen LogP contribution in [0.4, 0.5) is 5.69 Å².